The Bertz CT molecular complexity index is 250. The van der Waals surface area contributed by atoms with E-state index in [1.54, 1.807) is 24.3 Å². The molecule has 0 aliphatic rings. The third-order valence-corrected chi connectivity index (χ3v) is 2.20. The van der Waals surface area contributed by atoms with Crippen LogP contribution in [0, 0.1) is 0 Å². The van der Waals surface area contributed by atoms with Gasteiger partial charge in [0.1, 0.15) is 11.5 Å². The van der Waals surface area contributed by atoms with Crippen molar-refractivity contribution in [3.05, 3.63) is 30.3 Å². The average Bonchev–Trinajstić information content (AvgIpc) is 2.04. The molecule has 0 aliphatic heterocycles. The van der Waals surface area contributed by atoms with Gasteiger partial charge in [-0.05, 0) is 23.7 Å². The fourth-order valence-corrected chi connectivity index (χ4v) is 1.21. The molecule has 0 radical (unpaired) electrons. The van der Waals surface area contributed by atoms with E-state index in [0.29, 0.717) is 17.8 Å². The minimum atomic E-state index is -3.21. The van der Waals surface area contributed by atoms with Crippen molar-refractivity contribution in [1.82, 2.24) is 0 Å². The molecule has 0 aliphatic carbocycles. The Hall–Kier alpha value is -0.480. The second-order valence-corrected chi connectivity index (χ2v) is 3.52. The normalized spacial score (nSPS) is 11.3. The van der Waals surface area contributed by atoms with Gasteiger partial charge in [0, 0.05) is 0 Å². The van der Waals surface area contributed by atoms with E-state index in [2.05, 4.69) is 11.6 Å². The van der Waals surface area contributed by atoms with Crippen LogP contribution in [0.4, 0.5) is 8.78 Å². The van der Waals surface area contributed by atoms with Gasteiger partial charge in [-0.1, -0.05) is 18.2 Å². The lowest BCUT2D eigenvalue weighted by Crippen LogP contribution is -2.09. The predicted molar refractivity (Wildman–Crippen MR) is 50.3 cm³/mol. The molecular formula is C8H7ClF2OS. The van der Waals surface area contributed by atoms with Crippen molar-refractivity contribution >= 4 is 23.6 Å². The molecule has 0 saturated carbocycles. The summed E-state index contributed by atoms with van der Waals surface area (Å²) in [6, 6.07) is 8.69. The van der Waals surface area contributed by atoms with Crippen LogP contribution >= 0.6 is 23.6 Å². The minimum absolute atomic E-state index is 0.536. The van der Waals surface area contributed by atoms with Crippen molar-refractivity contribution in [2.24, 2.45) is 0 Å². The molecule has 0 saturated heterocycles. The van der Waals surface area contributed by atoms with E-state index < -0.39 is 11.1 Å². The van der Waals surface area contributed by atoms with Crippen molar-refractivity contribution in [2.75, 3.05) is 5.75 Å². The third-order valence-electron chi connectivity index (χ3n) is 1.12. The smallest absolute Gasteiger partial charge is 0.333 e. The van der Waals surface area contributed by atoms with Crippen LogP contribution in [0.3, 0.4) is 0 Å². The molecule has 0 N–H and O–H groups in total. The molecule has 1 nitrogen and oxygen atoms in total. The Morgan fingerprint density at radius 1 is 1.31 bits per heavy atom. The number of para-hydroxylation sites is 1. The Morgan fingerprint density at radius 3 is 2.46 bits per heavy atom. The molecule has 0 unspecified atom stereocenters. The van der Waals surface area contributed by atoms with Gasteiger partial charge in [-0.15, -0.1) is 0 Å². The molecule has 0 spiro atoms. The number of hydrogen-bond donors (Lipinski definition) is 0. The van der Waals surface area contributed by atoms with Gasteiger partial charge in [0.05, 0.1) is 12.0 Å². The monoisotopic (exact) mass is 224 g/mol. The first kappa shape index (κ1) is 10.6. The quantitative estimate of drug-likeness (QED) is 0.572. The largest absolute Gasteiger partial charge is 0.426 e. The van der Waals surface area contributed by atoms with Crippen LogP contribution in [-0.2, 0) is 0 Å². The van der Waals surface area contributed by atoms with Crippen LogP contribution in [0.1, 0.15) is 0 Å². The highest BCUT2D eigenvalue weighted by Gasteiger charge is 2.25. The zero-order chi connectivity index (χ0) is 9.73. The molecule has 72 valence electrons. The van der Waals surface area contributed by atoms with Gasteiger partial charge in [-0.25, -0.2) is 0 Å². The number of halogens is 3. The van der Waals surface area contributed by atoms with Crippen molar-refractivity contribution in [2.45, 2.75) is 5.38 Å². The molecule has 5 heteroatoms. The van der Waals surface area contributed by atoms with Crippen molar-refractivity contribution < 1.29 is 13.0 Å². The summed E-state index contributed by atoms with van der Waals surface area (Å²) in [7, 11) is 0. The Kier molecular flexibility index (Phi) is 3.81. The topological polar surface area (TPSA) is 9.23 Å². The molecule has 1 aromatic carbocycles. The van der Waals surface area contributed by atoms with Crippen LogP contribution < -0.4 is 4.18 Å². The summed E-state index contributed by atoms with van der Waals surface area (Å²) in [6.45, 7) is 0. The second kappa shape index (κ2) is 4.67. The van der Waals surface area contributed by atoms with E-state index in [1.807, 2.05) is 6.07 Å². The van der Waals surface area contributed by atoms with Crippen LogP contribution in [0.2, 0.25) is 0 Å². The van der Waals surface area contributed by atoms with E-state index in [9.17, 15) is 8.78 Å². The van der Waals surface area contributed by atoms with E-state index in [4.69, 9.17) is 4.18 Å². The maximum atomic E-state index is 12.1. The Morgan fingerprint density at radius 2 is 1.92 bits per heavy atom. The van der Waals surface area contributed by atoms with E-state index in [1.165, 1.54) is 0 Å². The maximum absolute atomic E-state index is 12.1. The molecule has 0 atom stereocenters. The summed E-state index contributed by atoms with van der Waals surface area (Å²) in [4.78, 5) is 0. The lowest BCUT2D eigenvalue weighted by molar-refractivity contribution is 0.124. The van der Waals surface area contributed by atoms with Crippen molar-refractivity contribution in [3.63, 3.8) is 0 Å². The summed E-state index contributed by atoms with van der Waals surface area (Å²) in [6.07, 6.45) is 0. The molecule has 0 amide bonds. The van der Waals surface area contributed by atoms with Crippen molar-refractivity contribution in [1.29, 1.82) is 0 Å². The number of rotatable bonds is 4. The zero-order valence-corrected chi connectivity index (χ0v) is 8.12. The van der Waals surface area contributed by atoms with Gasteiger partial charge in [0.25, 0.3) is 0 Å². The summed E-state index contributed by atoms with van der Waals surface area (Å²) in [5.41, 5.74) is 0. The summed E-state index contributed by atoms with van der Waals surface area (Å²) in [5.74, 6) is -0.0305. The highest BCUT2D eigenvalue weighted by Crippen LogP contribution is 2.25. The summed E-state index contributed by atoms with van der Waals surface area (Å²) in [5, 5.41) is -3.21. The van der Waals surface area contributed by atoms with Gasteiger partial charge in [0.2, 0.25) is 0 Å². The van der Waals surface area contributed by atoms with Crippen LogP contribution in [-0.4, -0.2) is 11.1 Å². The van der Waals surface area contributed by atoms with Crippen LogP contribution in [0.5, 0.6) is 5.75 Å². The molecule has 1 rings (SSSR count). The Balaban J connectivity index is 2.29. The molecule has 0 bridgehead atoms. The van der Waals surface area contributed by atoms with E-state index in [0.717, 1.165) is 0 Å². The van der Waals surface area contributed by atoms with Crippen LogP contribution in [0.25, 0.3) is 0 Å². The highest BCUT2D eigenvalue weighted by molar-refractivity contribution is 7.95. The highest BCUT2D eigenvalue weighted by atomic mass is 35.5. The third kappa shape index (κ3) is 4.95. The lowest BCUT2D eigenvalue weighted by atomic mass is 10.3. The molecule has 0 fully saturated rings. The van der Waals surface area contributed by atoms with Crippen molar-refractivity contribution in [3.8, 4) is 5.75 Å². The average molecular weight is 225 g/mol. The first-order valence-corrected chi connectivity index (χ1v) is 4.78. The van der Waals surface area contributed by atoms with Gasteiger partial charge < -0.3 is 4.18 Å². The summed E-state index contributed by atoms with van der Waals surface area (Å²) < 4.78 is 29.1. The number of alkyl halides is 3. The fourth-order valence-electron chi connectivity index (χ4n) is 0.640. The standard InChI is InChI=1S/C8H7ClF2OS/c9-8(10,11)6-13-12-7-4-2-1-3-5-7/h1-5H,6H2. The van der Waals surface area contributed by atoms with Gasteiger partial charge in [0.15, 0.2) is 0 Å². The zero-order valence-electron chi connectivity index (χ0n) is 6.54. The summed E-state index contributed by atoms with van der Waals surface area (Å²) >= 11 is 5.30. The lowest BCUT2D eigenvalue weighted by Gasteiger charge is -2.06. The molecule has 1 aromatic rings. The fraction of sp³-hybridized carbons (Fsp3) is 0.250. The Labute approximate surface area is 84.2 Å². The predicted octanol–water partition coefficient (Wildman–Crippen LogP) is 3.55. The maximum Gasteiger partial charge on any atom is 0.333 e. The first-order valence-electron chi connectivity index (χ1n) is 3.49. The first-order chi connectivity index (χ1) is 6.08. The number of hydrogen-bond acceptors (Lipinski definition) is 2. The second-order valence-electron chi connectivity index (χ2n) is 2.27. The van der Waals surface area contributed by atoms with Gasteiger partial charge in [-0.2, -0.15) is 8.78 Å². The van der Waals surface area contributed by atoms with E-state index >= 15 is 0 Å². The van der Waals surface area contributed by atoms with Gasteiger partial charge >= 0.3 is 5.38 Å². The SMILES string of the molecule is FC(F)(Cl)CSOc1ccccc1. The minimum Gasteiger partial charge on any atom is -0.426 e. The molecular weight excluding hydrogens is 218 g/mol. The number of benzene rings is 1. The van der Waals surface area contributed by atoms with Gasteiger partial charge in [-0.3, -0.25) is 0 Å². The molecule has 0 heterocycles. The molecule has 13 heavy (non-hydrogen) atoms. The van der Waals surface area contributed by atoms with Crippen LogP contribution in [0.15, 0.2) is 30.3 Å². The molecule has 0 aromatic heterocycles. The van der Waals surface area contributed by atoms with E-state index in [-0.39, 0.29) is 0 Å².